The van der Waals surface area contributed by atoms with Gasteiger partial charge in [0.25, 0.3) is 0 Å². The van der Waals surface area contributed by atoms with Crippen molar-refractivity contribution < 1.29 is 18.4 Å². The van der Waals surface area contributed by atoms with Crippen molar-refractivity contribution in [3.63, 3.8) is 0 Å². The van der Waals surface area contributed by atoms with Crippen LogP contribution in [-0.2, 0) is 6.18 Å². The van der Waals surface area contributed by atoms with Gasteiger partial charge in [0.2, 0.25) is 16.0 Å². The standard InChI is InChI=1S/C7H5F3N6OS/c8-7(9,10)5-13-14-6(18-5)16-2-1-12-4(16)3(11)15-17/h1-2,17H,(H2,11,15). The molecular weight excluding hydrogens is 273 g/mol. The topological polar surface area (TPSA) is 102 Å². The van der Waals surface area contributed by atoms with Crippen molar-refractivity contribution in [2.75, 3.05) is 0 Å². The van der Waals surface area contributed by atoms with Crippen molar-refractivity contribution in [3.8, 4) is 5.13 Å². The zero-order chi connectivity index (χ0) is 13.3. The Balaban J connectivity index is 2.44. The Morgan fingerprint density at radius 3 is 2.72 bits per heavy atom. The average molecular weight is 278 g/mol. The lowest BCUT2D eigenvalue weighted by Crippen LogP contribution is -2.18. The number of rotatable bonds is 2. The number of imidazole rings is 1. The monoisotopic (exact) mass is 278 g/mol. The lowest BCUT2D eigenvalue weighted by atomic mass is 10.5. The molecule has 0 atom stereocenters. The molecule has 96 valence electrons. The molecule has 7 nitrogen and oxygen atoms in total. The maximum atomic E-state index is 12.4. The first kappa shape index (κ1) is 12.3. The quantitative estimate of drug-likeness (QED) is 0.367. The van der Waals surface area contributed by atoms with Crippen molar-refractivity contribution in [2.24, 2.45) is 10.9 Å². The molecule has 3 N–H and O–H groups in total. The molecule has 2 heterocycles. The lowest BCUT2D eigenvalue weighted by molar-refractivity contribution is -0.138. The summed E-state index contributed by atoms with van der Waals surface area (Å²) in [5, 5.41) is 16.5. The van der Waals surface area contributed by atoms with Gasteiger partial charge >= 0.3 is 6.18 Å². The molecule has 18 heavy (non-hydrogen) atoms. The summed E-state index contributed by atoms with van der Waals surface area (Å²) in [7, 11) is 0. The van der Waals surface area contributed by atoms with Crippen LogP contribution in [0.15, 0.2) is 17.5 Å². The van der Waals surface area contributed by atoms with E-state index in [0.717, 1.165) is 4.57 Å². The van der Waals surface area contributed by atoms with Gasteiger partial charge in [-0.3, -0.25) is 4.57 Å². The summed E-state index contributed by atoms with van der Waals surface area (Å²) in [4.78, 5) is 3.74. The van der Waals surface area contributed by atoms with Crippen LogP contribution in [0.5, 0.6) is 0 Å². The lowest BCUT2D eigenvalue weighted by Gasteiger charge is -2.01. The molecule has 2 aromatic rings. The first-order valence-corrected chi connectivity index (χ1v) is 5.17. The van der Waals surface area contributed by atoms with E-state index < -0.39 is 11.2 Å². The van der Waals surface area contributed by atoms with Gasteiger partial charge in [0, 0.05) is 12.4 Å². The number of nitrogens with two attached hydrogens (primary N) is 1. The zero-order valence-electron chi connectivity index (χ0n) is 8.46. The normalized spacial score (nSPS) is 12.9. The molecule has 0 fully saturated rings. The molecule has 0 aromatic carbocycles. The third kappa shape index (κ3) is 2.11. The molecule has 0 saturated heterocycles. The van der Waals surface area contributed by atoms with Gasteiger partial charge in [-0.05, 0) is 0 Å². The van der Waals surface area contributed by atoms with Gasteiger partial charge in [-0.25, -0.2) is 4.98 Å². The van der Waals surface area contributed by atoms with E-state index in [4.69, 9.17) is 10.9 Å². The van der Waals surface area contributed by atoms with Gasteiger partial charge in [0.15, 0.2) is 5.82 Å². The first-order valence-electron chi connectivity index (χ1n) is 4.36. The Morgan fingerprint density at radius 2 is 2.17 bits per heavy atom. The minimum absolute atomic E-state index is 0.0256. The Hall–Kier alpha value is -2.17. The predicted molar refractivity (Wildman–Crippen MR) is 54.5 cm³/mol. The van der Waals surface area contributed by atoms with Gasteiger partial charge in [-0.1, -0.05) is 16.5 Å². The van der Waals surface area contributed by atoms with Crippen LogP contribution in [-0.4, -0.2) is 30.8 Å². The number of alkyl halides is 3. The fourth-order valence-electron chi connectivity index (χ4n) is 1.12. The fraction of sp³-hybridized carbons (Fsp3) is 0.143. The largest absolute Gasteiger partial charge is 0.445 e. The number of nitrogens with zero attached hydrogens (tertiary/aromatic N) is 5. The Labute approximate surface area is 101 Å². The summed E-state index contributed by atoms with van der Waals surface area (Å²) >= 11 is 0.323. The summed E-state index contributed by atoms with van der Waals surface area (Å²) < 4.78 is 38.2. The van der Waals surface area contributed by atoms with Crippen LogP contribution in [0, 0.1) is 0 Å². The van der Waals surface area contributed by atoms with Gasteiger partial charge in [-0.15, -0.1) is 10.2 Å². The molecule has 11 heteroatoms. The minimum atomic E-state index is -4.56. The zero-order valence-corrected chi connectivity index (χ0v) is 9.27. The summed E-state index contributed by atoms with van der Waals surface area (Å²) in [6.07, 6.45) is -1.96. The van der Waals surface area contributed by atoms with E-state index in [9.17, 15) is 13.2 Å². The highest BCUT2D eigenvalue weighted by atomic mass is 32.1. The average Bonchev–Trinajstić information content (AvgIpc) is 2.94. The van der Waals surface area contributed by atoms with Crippen molar-refractivity contribution >= 4 is 17.2 Å². The van der Waals surface area contributed by atoms with Crippen LogP contribution in [0.1, 0.15) is 10.8 Å². The van der Waals surface area contributed by atoms with Crippen LogP contribution in [0.25, 0.3) is 5.13 Å². The molecular formula is C7H5F3N6OS. The summed E-state index contributed by atoms with van der Waals surface area (Å²) in [6.45, 7) is 0. The van der Waals surface area contributed by atoms with Crippen LogP contribution < -0.4 is 5.73 Å². The smallest absolute Gasteiger partial charge is 0.409 e. The molecule has 0 aliphatic carbocycles. The third-order valence-electron chi connectivity index (χ3n) is 1.84. The second kappa shape index (κ2) is 4.25. The summed E-state index contributed by atoms with van der Waals surface area (Å²) in [6, 6.07) is 0. The molecule has 0 unspecified atom stereocenters. The van der Waals surface area contributed by atoms with Gasteiger partial charge in [0.05, 0.1) is 0 Å². The second-order valence-corrected chi connectivity index (χ2v) is 3.95. The predicted octanol–water partition coefficient (Wildman–Crippen LogP) is 0.837. The van der Waals surface area contributed by atoms with E-state index >= 15 is 0 Å². The number of halogens is 3. The van der Waals surface area contributed by atoms with Crippen molar-refractivity contribution in [1.82, 2.24) is 19.7 Å². The third-order valence-corrected chi connectivity index (χ3v) is 2.81. The van der Waals surface area contributed by atoms with E-state index in [1.807, 2.05) is 0 Å². The number of hydrogen-bond donors (Lipinski definition) is 2. The van der Waals surface area contributed by atoms with Crippen molar-refractivity contribution in [1.29, 1.82) is 0 Å². The van der Waals surface area contributed by atoms with Crippen LogP contribution >= 0.6 is 11.3 Å². The highest BCUT2D eigenvalue weighted by Crippen LogP contribution is 2.32. The maximum Gasteiger partial charge on any atom is 0.445 e. The molecule has 2 aromatic heterocycles. The number of oxime groups is 1. The molecule has 0 amide bonds. The molecule has 0 aliphatic rings. The van der Waals surface area contributed by atoms with E-state index in [2.05, 4.69) is 20.3 Å². The van der Waals surface area contributed by atoms with Crippen LogP contribution in [0.2, 0.25) is 0 Å². The molecule has 0 aliphatic heterocycles. The number of amidine groups is 1. The summed E-state index contributed by atoms with van der Waals surface area (Å²) in [5.41, 5.74) is 5.32. The van der Waals surface area contributed by atoms with Crippen LogP contribution in [0.3, 0.4) is 0 Å². The fourth-order valence-corrected chi connectivity index (χ4v) is 1.82. The summed E-state index contributed by atoms with van der Waals surface area (Å²) in [5.74, 6) is -0.369. The van der Waals surface area contributed by atoms with Crippen LogP contribution in [0.4, 0.5) is 13.2 Å². The minimum Gasteiger partial charge on any atom is -0.409 e. The molecule has 0 radical (unpaired) electrons. The van der Waals surface area contributed by atoms with Gasteiger partial charge in [-0.2, -0.15) is 13.2 Å². The second-order valence-electron chi connectivity index (χ2n) is 2.99. The van der Waals surface area contributed by atoms with E-state index in [1.165, 1.54) is 12.4 Å². The highest BCUT2D eigenvalue weighted by molar-refractivity contribution is 7.13. The van der Waals surface area contributed by atoms with Gasteiger partial charge < -0.3 is 10.9 Å². The van der Waals surface area contributed by atoms with Crippen molar-refractivity contribution in [3.05, 3.63) is 23.2 Å². The molecule has 0 spiro atoms. The molecule has 2 rings (SSSR count). The van der Waals surface area contributed by atoms with E-state index in [0.29, 0.717) is 11.3 Å². The van der Waals surface area contributed by atoms with Gasteiger partial charge in [0.1, 0.15) is 0 Å². The molecule has 0 saturated carbocycles. The van der Waals surface area contributed by atoms with E-state index in [-0.39, 0.29) is 16.8 Å². The molecule has 0 bridgehead atoms. The highest BCUT2D eigenvalue weighted by Gasteiger charge is 2.36. The Bertz CT molecular complexity index is 588. The first-order chi connectivity index (χ1) is 8.43. The Kier molecular flexibility index (Phi) is 2.90. The SMILES string of the molecule is N/C(=N/O)c1nccn1-c1nnc(C(F)(F)F)s1. The maximum absolute atomic E-state index is 12.4. The van der Waals surface area contributed by atoms with E-state index in [1.54, 1.807) is 0 Å². The Morgan fingerprint density at radius 1 is 1.44 bits per heavy atom. The van der Waals surface area contributed by atoms with Crippen molar-refractivity contribution in [2.45, 2.75) is 6.18 Å². The number of hydrogen-bond acceptors (Lipinski definition) is 6. The number of aromatic nitrogens is 4.